The van der Waals surface area contributed by atoms with E-state index in [0.717, 1.165) is 23.9 Å². The Morgan fingerprint density at radius 3 is 2.74 bits per heavy atom. The molecule has 2 aromatic rings. The van der Waals surface area contributed by atoms with Crippen LogP contribution in [0.4, 0.5) is 5.69 Å². The summed E-state index contributed by atoms with van der Waals surface area (Å²) in [6, 6.07) is 2.49. The summed E-state index contributed by atoms with van der Waals surface area (Å²) < 4.78 is 0.330. The number of nitro benzene ring substituents is 1. The van der Waals surface area contributed by atoms with E-state index < -0.39 is 22.3 Å². The zero-order valence-corrected chi connectivity index (χ0v) is 13.9. The molecule has 0 saturated heterocycles. The van der Waals surface area contributed by atoms with Gasteiger partial charge in [-0.3, -0.25) is 15.2 Å². The molecule has 23 heavy (non-hydrogen) atoms. The van der Waals surface area contributed by atoms with Gasteiger partial charge in [-0.1, -0.05) is 15.9 Å². The molecule has 120 valence electrons. The second kappa shape index (κ2) is 6.79. The third-order valence-electron chi connectivity index (χ3n) is 2.56. The summed E-state index contributed by atoms with van der Waals surface area (Å²) in [6.45, 7) is 1.66. The van der Waals surface area contributed by atoms with Crippen LogP contribution in [-0.4, -0.2) is 36.3 Å². The van der Waals surface area contributed by atoms with Gasteiger partial charge in [0.1, 0.15) is 10.7 Å². The Labute approximate surface area is 141 Å². The zero-order chi connectivity index (χ0) is 17.1. The second-order valence-corrected chi connectivity index (χ2v) is 6.16. The van der Waals surface area contributed by atoms with E-state index >= 15 is 0 Å². The van der Waals surface area contributed by atoms with Crippen LogP contribution in [-0.2, 0) is 4.79 Å². The van der Waals surface area contributed by atoms with Gasteiger partial charge in [0.05, 0.1) is 4.92 Å². The van der Waals surface area contributed by atoms with Crippen LogP contribution >= 0.6 is 27.7 Å². The summed E-state index contributed by atoms with van der Waals surface area (Å²) in [7, 11) is 0. The number of aliphatic carboxylic acids is 1. The van der Waals surface area contributed by atoms with Gasteiger partial charge in [0.2, 0.25) is 10.9 Å². The number of benzene rings is 1. The number of rotatable bonds is 5. The fourth-order valence-electron chi connectivity index (χ4n) is 1.60. The quantitative estimate of drug-likeness (QED) is 0.300. The second-order valence-electron chi connectivity index (χ2n) is 4.24. The number of aromatic hydroxyl groups is 1. The van der Waals surface area contributed by atoms with Gasteiger partial charge in [-0.2, -0.15) is 0 Å². The summed E-state index contributed by atoms with van der Waals surface area (Å²) in [5.74, 6) is -1.39. The molecule has 1 aromatic carbocycles. The van der Waals surface area contributed by atoms with Crippen molar-refractivity contribution in [1.29, 1.82) is 0 Å². The first kappa shape index (κ1) is 17.0. The number of aromatic nitrogens is 3. The van der Waals surface area contributed by atoms with E-state index in [2.05, 4.69) is 31.1 Å². The molecular formula is C12H9BrN4O5S. The van der Waals surface area contributed by atoms with Gasteiger partial charge in [-0.25, -0.2) is 9.78 Å². The smallest absolute Gasteiger partial charge is 0.342 e. The molecule has 0 radical (unpaired) electrons. The topological polar surface area (TPSA) is 142 Å². The molecule has 0 aliphatic carbocycles. The highest BCUT2D eigenvalue weighted by Gasteiger charge is 2.20. The van der Waals surface area contributed by atoms with E-state index in [0.29, 0.717) is 10.3 Å². The number of H-pyrrole nitrogens is 1. The lowest BCUT2D eigenvalue weighted by Gasteiger charge is -2.04. The van der Waals surface area contributed by atoms with Crippen LogP contribution in [0, 0.1) is 17.0 Å². The first-order valence-electron chi connectivity index (χ1n) is 5.96. The van der Waals surface area contributed by atoms with Crippen LogP contribution in [0.3, 0.4) is 0 Å². The third-order valence-corrected chi connectivity index (χ3v) is 3.89. The molecule has 0 aliphatic heterocycles. The fourth-order valence-corrected chi connectivity index (χ4v) is 2.80. The Kier molecular flexibility index (Phi) is 5.01. The summed E-state index contributed by atoms with van der Waals surface area (Å²) in [6.07, 6.45) is 1.12. The van der Waals surface area contributed by atoms with E-state index in [1.807, 2.05) is 0 Å². The number of nitrogens with one attached hydrogen (secondary N) is 1. The Morgan fingerprint density at radius 2 is 2.22 bits per heavy atom. The maximum atomic E-state index is 11.3. The van der Waals surface area contributed by atoms with E-state index in [1.54, 1.807) is 6.92 Å². The largest absolute Gasteiger partial charge is 0.502 e. The van der Waals surface area contributed by atoms with Crippen LogP contribution < -0.4 is 0 Å². The number of carboxylic acid groups (broad SMARTS) is 1. The highest BCUT2D eigenvalue weighted by Crippen LogP contribution is 2.36. The van der Waals surface area contributed by atoms with Crippen molar-refractivity contribution in [3.63, 3.8) is 0 Å². The molecule has 9 nitrogen and oxygen atoms in total. The van der Waals surface area contributed by atoms with Crippen molar-refractivity contribution in [2.45, 2.75) is 12.1 Å². The molecule has 1 aromatic heterocycles. The van der Waals surface area contributed by atoms with E-state index in [-0.39, 0.29) is 15.6 Å². The number of halogens is 1. The molecule has 0 unspecified atom stereocenters. The number of aryl methyl sites for hydroxylation is 1. The normalized spacial score (nSPS) is 11.5. The van der Waals surface area contributed by atoms with Gasteiger partial charge < -0.3 is 10.2 Å². The van der Waals surface area contributed by atoms with Crippen LogP contribution in [0.25, 0.3) is 6.08 Å². The van der Waals surface area contributed by atoms with Gasteiger partial charge in [0.15, 0.2) is 0 Å². The lowest BCUT2D eigenvalue weighted by Crippen LogP contribution is -1.98. The lowest BCUT2D eigenvalue weighted by atomic mass is 10.1. The number of phenols is 1. The molecule has 0 saturated carbocycles. The molecule has 2 rings (SSSR count). The van der Waals surface area contributed by atoms with Crippen molar-refractivity contribution in [3.8, 4) is 5.75 Å². The van der Waals surface area contributed by atoms with Crippen LogP contribution in [0.1, 0.15) is 11.4 Å². The Hall–Kier alpha value is -2.40. The average molecular weight is 401 g/mol. The standard InChI is InChI=1S/C12H9BrN4O5S/c1-5-14-12(16-15-5)23-9(11(19)20)3-6-2-7(13)4-8(10(6)18)17(21)22/h2-4,18H,1H3,(H,19,20)(H,14,15,16)/b9-3-. The molecular weight excluding hydrogens is 392 g/mol. The molecule has 0 aliphatic rings. The fraction of sp³-hybridized carbons (Fsp3) is 0.0833. The van der Waals surface area contributed by atoms with Crippen LogP contribution in [0.15, 0.2) is 26.7 Å². The molecule has 0 spiro atoms. The number of thioether (sulfide) groups is 1. The van der Waals surface area contributed by atoms with Crippen molar-refractivity contribution < 1.29 is 19.9 Å². The molecule has 0 atom stereocenters. The minimum atomic E-state index is -1.28. The molecule has 1 heterocycles. The Balaban J connectivity index is 2.47. The molecule has 3 N–H and O–H groups in total. The van der Waals surface area contributed by atoms with Crippen molar-refractivity contribution >= 4 is 45.4 Å². The van der Waals surface area contributed by atoms with Crippen molar-refractivity contribution in [1.82, 2.24) is 15.2 Å². The van der Waals surface area contributed by atoms with E-state index in [4.69, 9.17) is 0 Å². The summed E-state index contributed by atoms with van der Waals surface area (Å²) in [5.41, 5.74) is -0.544. The lowest BCUT2D eigenvalue weighted by molar-refractivity contribution is -0.385. The zero-order valence-electron chi connectivity index (χ0n) is 11.5. The highest BCUT2D eigenvalue weighted by molar-refractivity contribution is 9.10. The third kappa shape index (κ3) is 4.07. The molecule has 0 bridgehead atoms. The Bertz CT molecular complexity index is 820. The van der Waals surface area contributed by atoms with Gasteiger partial charge >= 0.3 is 11.7 Å². The number of nitro groups is 1. The van der Waals surface area contributed by atoms with Crippen molar-refractivity contribution in [2.24, 2.45) is 0 Å². The van der Waals surface area contributed by atoms with Gasteiger partial charge in [-0.05, 0) is 30.8 Å². The number of hydrogen-bond acceptors (Lipinski definition) is 7. The van der Waals surface area contributed by atoms with Crippen molar-refractivity contribution in [2.75, 3.05) is 0 Å². The number of carbonyl (C=O) groups is 1. The number of nitrogens with zero attached hydrogens (tertiary/aromatic N) is 3. The van der Waals surface area contributed by atoms with E-state index in [1.165, 1.54) is 6.07 Å². The number of phenolic OH excluding ortho intramolecular Hbond substituents is 1. The number of carboxylic acids is 1. The minimum Gasteiger partial charge on any atom is -0.502 e. The predicted octanol–water partition coefficient (Wildman–Crippen LogP) is 2.71. The summed E-state index contributed by atoms with van der Waals surface area (Å²) in [4.78, 5) is 25.3. The first-order chi connectivity index (χ1) is 10.8. The van der Waals surface area contributed by atoms with Crippen molar-refractivity contribution in [3.05, 3.63) is 43.0 Å². The van der Waals surface area contributed by atoms with Gasteiger partial charge in [0.25, 0.3) is 0 Å². The monoisotopic (exact) mass is 400 g/mol. The highest BCUT2D eigenvalue weighted by atomic mass is 79.9. The minimum absolute atomic E-state index is 0.0109. The van der Waals surface area contributed by atoms with Gasteiger partial charge in [-0.15, -0.1) is 5.10 Å². The summed E-state index contributed by atoms with van der Waals surface area (Å²) >= 11 is 3.84. The van der Waals surface area contributed by atoms with Crippen LogP contribution in [0.5, 0.6) is 5.75 Å². The van der Waals surface area contributed by atoms with Crippen LogP contribution in [0.2, 0.25) is 0 Å². The number of aromatic amines is 1. The first-order valence-corrected chi connectivity index (χ1v) is 7.57. The summed E-state index contributed by atoms with van der Waals surface area (Å²) in [5, 5.41) is 36.7. The van der Waals surface area contributed by atoms with E-state index in [9.17, 15) is 25.1 Å². The predicted molar refractivity (Wildman–Crippen MR) is 85.1 cm³/mol. The van der Waals surface area contributed by atoms with Gasteiger partial charge in [0, 0.05) is 16.1 Å². The Morgan fingerprint density at radius 1 is 1.52 bits per heavy atom. The SMILES string of the molecule is Cc1nc(S/C(=C\c2cc(Br)cc([N+](=O)[O-])c2O)C(=O)O)n[nH]1. The maximum Gasteiger partial charge on any atom is 0.342 e. The molecule has 0 fully saturated rings. The average Bonchev–Trinajstić information content (AvgIpc) is 2.86. The molecule has 11 heteroatoms. The number of hydrogen-bond donors (Lipinski definition) is 3. The molecule has 0 amide bonds. The maximum absolute atomic E-state index is 11.3.